The molecule has 2 heterocycles. The number of sulfonamides is 1. The number of fused-ring (bicyclic) bond motifs is 1. The maximum atomic E-state index is 12.5. The Balaban J connectivity index is 1.37. The van der Waals surface area contributed by atoms with Crippen molar-refractivity contribution < 1.29 is 17.6 Å². The van der Waals surface area contributed by atoms with Gasteiger partial charge in [0.05, 0.1) is 17.7 Å². The maximum Gasteiger partial charge on any atom is 0.246 e. The Bertz CT molecular complexity index is 1150. The number of hydrogen-bond acceptors (Lipinski definition) is 4. The van der Waals surface area contributed by atoms with Crippen LogP contribution in [0.3, 0.4) is 0 Å². The summed E-state index contributed by atoms with van der Waals surface area (Å²) in [5, 5.41) is 0. The third kappa shape index (κ3) is 4.69. The van der Waals surface area contributed by atoms with Crippen LogP contribution in [-0.4, -0.2) is 25.8 Å². The smallest absolute Gasteiger partial charge is 0.246 e. The Morgan fingerprint density at radius 1 is 1.03 bits per heavy atom. The predicted molar refractivity (Wildman–Crippen MR) is 114 cm³/mol. The summed E-state index contributed by atoms with van der Waals surface area (Å²) in [6.45, 7) is 1.39. The van der Waals surface area contributed by atoms with Crippen molar-refractivity contribution in [2.24, 2.45) is 0 Å². The Kier molecular flexibility index (Phi) is 5.83. The summed E-state index contributed by atoms with van der Waals surface area (Å²) in [5.74, 6) is 0.485. The first kappa shape index (κ1) is 20.1. The molecule has 0 bridgehead atoms. The van der Waals surface area contributed by atoms with Crippen molar-refractivity contribution in [3.63, 3.8) is 0 Å². The van der Waals surface area contributed by atoms with E-state index in [1.807, 2.05) is 17.0 Å². The monoisotopic (exact) mass is 422 g/mol. The lowest BCUT2D eigenvalue weighted by molar-refractivity contribution is -0.126. The van der Waals surface area contributed by atoms with Gasteiger partial charge in [-0.15, -0.1) is 0 Å². The molecule has 0 unspecified atom stereocenters. The van der Waals surface area contributed by atoms with Crippen molar-refractivity contribution in [2.75, 3.05) is 6.54 Å². The van der Waals surface area contributed by atoms with Crippen molar-refractivity contribution in [1.29, 1.82) is 0 Å². The van der Waals surface area contributed by atoms with Crippen LogP contribution in [0.15, 0.2) is 82.3 Å². The number of nitrogens with one attached hydrogen (secondary N) is 1. The van der Waals surface area contributed by atoms with E-state index in [4.69, 9.17) is 4.42 Å². The first-order chi connectivity index (χ1) is 14.5. The number of benzene rings is 2. The lowest BCUT2D eigenvalue weighted by atomic mass is 10.00. The summed E-state index contributed by atoms with van der Waals surface area (Å²) >= 11 is 0. The fourth-order valence-electron chi connectivity index (χ4n) is 3.38. The molecule has 0 atom stereocenters. The van der Waals surface area contributed by atoms with Gasteiger partial charge < -0.3 is 9.32 Å². The molecule has 154 valence electrons. The van der Waals surface area contributed by atoms with Crippen LogP contribution in [0.25, 0.3) is 6.08 Å². The van der Waals surface area contributed by atoms with E-state index in [1.165, 1.54) is 35.6 Å². The summed E-state index contributed by atoms with van der Waals surface area (Å²) in [6.07, 6.45) is 5.59. The summed E-state index contributed by atoms with van der Waals surface area (Å²) in [6, 6.07) is 18.0. The molecule has 0 fully saturated rings. The normalized spacial score (nSPS) is 14.1. The van der Waals surface area contributed by atoms with Crippen LogP contribution in [0, 0.1) is 0 Å². The first-order valence-electron chi connectivity index (χ1n) is 9.67. The van der Waals surface area contributed by atoms with Crippen LogP contribution >= 0.6 is 0 Å². The summed E-state index contributed by atoms with van der Waals surface area (Å²) in [7, 11) is -3.64. The van der Waals surface area contributed by atoms with Crippen molar-refractivity contribution in [1.82, 2.24) is 9.62 Å². The van der Waals surface area contributed by atoms with Gasteiger partial charge in [0.1, 0.15) is 5.76 Å². The Morgan fingerprint density at radius 2 is 1.80 bits per heavy atom. The molecule has 7 heteroatoms. The number of rotatable bonds is 6. The maximum absolute atomic E-state index is 12.5. The molecule has 1 amide bonds. The number of nitrogens with zero attached hydrogens (tertiary/aromatic N) is 1. The number of carbonyl (C=O) groups excluding carboxylic acids is 1. The minimum Gasteiger partial charge on any atom is -0.468 e. The minimum atomic E-state index is -3.64. The van der Waals surface area contributed by atoms with E-state index in [9.17, 15) is 13.2 Å². The van der Waals surface area contributed by atoms with Gasteiger partial charge in [-0.2, -0.15) is 0 Å². The lowest BCUT2D eigenvalue weighted by Crippen LogP contribution is -2.34. The highest BCUT2D eigenvalue weighted by Gasteiger charge is 2.18. The second-order valence-electron chi connectivity index (χ2n) is 7.08. The standard InChI is InChI=1S/C23H22N2O4S/c26-23(25-14-13-19-4-1-2-5-20(19)17-25)12-9-18-7-10-22(11-8-18)30(27,28)24-16-21-6-3-15-29-21/h1-12,15,24H,13-14,16-17H2. The topological polar surface area (TPSA) is 79.6 Å². The molecule has 2 aromatic carbocycles. The second kappa shape index (κ2) is 8.69. The van der Waals surface area contributed by atoms with E-state index in [0.717, 1.165) is 12.0 Å². The van der Waals surface area contributed by atoms with Gasteiger partial charge in [-0.1, -0.05) is 36.4 Å². The summed E-state index contributed by atoms with van der Waals surface area (Å²) in [5.41, 5.74) is 3.23. The van der Waals surface area contributed by atoms with Crippen LogP contribution < -0.4 is 4.72 Å². The fraction of sp³-hybridized carbons (Fsp3) is 0.174. The quantitative estimate of drug-likeness (QED) is 0.618. The van der Waals surface area contributed by atoms with Crippen LogP contribution in [0.2, 0.25) is 0 Å². The number of furan rings is 1. The predicted octanol–water partition coefficient (Wildman–Crippen LogP) is 3.36. The number of hydrogen-bond donors (Lipinski definition) is 1. The molecule has 0 aliphatic carbocycles. The van der Waals surface area contributed by atoms with Crippen molar-refractivity contribution in [2.45, 2.75) is 24.4 Å². The summed E-state index contributed by atoms with van der Waals surface area (Å²) < 4.78 is 32.4. The third-order valence-electron chi connectivity index (χ3n) is 5.07. The molecular formula is C23H22N2O4S. The molecule has 1 aliphatic heterocycles. The van der Waals surface area contributed by atoms with Crippen LogP contribution in [-0.2, 0) is 34.3 Å². The molecule has 30 heavy (non-hydrogen) atoms. The van der Waals surface area contributed by atoms with Crippen LogP contribution in [0.5, 0.6) is 0 Å². The molecule has 1 aliphatic rings. The van der Waals surface area contributed by atoms with Crippen LogP contribution in [0.4, 0.5) is 0 Å². The average molecular weight is 423 g/mol. The van der Waals surface area contributed by atoms with E-state index in [1.54, 1.807) is 30.3 Å². The molecule has 0 saturated carbocycles. The van der Waals surface area contributed by atoms with Gasteiger partial charge in [-0.05, 0) is 53.5 Å². The van der Waals surface area contributed by atoms with E-state index < -0.39 is 10.0 Å². The largest absolute Gasteiger partial charge is 0.468 e. The van der Waals surface area contributed by atoms with E-state index in [-0.39, 0.29) is 17.3 Å². The molecule has 3 aromatic rings. The number of carbonyl (C=O) groups is 1. The molecule has 0 spiro atoms. The van der Waals surface area contributed by atoms with E-state index in [0.29, 0.717) is 18.8 Å². The molecule has 1 N–H and O–H groups in total. The minimum absolute atomic E-state index is 0.0543. The lowest BCUT2D eigenvalue weighted by Gasteiger charge is -2.27. The van der Waals surface area contributed by atoms with Gasteiger partial charge in [-0.3, -0.25) is 4.79 Å². The fourth-order valence-corrected chi connectivity index (χ4v) is 4.37. The van der Waals surface area contributed by atoms with Gasteiger partial charge >= 0.3 is 0 Å². The highest BCUT2D eigenvalue weighted by Crippen LogP contribution is 2.19. The first-order valence-corrected chi connectivity index (χ1v) is 11.2. The van der Waals surface area contributed by atoms with Gasteiger partial charge in [0.15, 0.2) is 0 Å². The van der Waals surface area contributed by atoms with Crippen molar-refractivity contribution in [3.05, 3.63) is 95.5 Å². The van der Waals surface area contributed by atoms with Gasteiger partial charge in [0.2, 0.25) is 15.9 Å². The molecule has 0 radical (unpaired) electrons. The Morgan fingerprint density at radius 3 is 2.53 bits per heavy atom. The van der Waals surface area contributed by atoms with E-state index in [2.05, 4.69) is 16.9 Å². The molecule has 4 rings (SSSR count). The van der Waals surface area contributed by atoms with Crippen molar-refractivity contribution >= 4 is 22.0 Å². The zero-order valence-electron chi connectivity index (χ0n) is 16.3. The molecule has 6 nitrogen and oxygen atoms in total. The number of amides is 1. The third-order valence-corrected chi connectivity index (χ3v) is 6.48. The second-order valence-corrected chi connectivity index (χ2v) is 8.85. The van der Waals surface area contributed by atoms with Crippen molar-refractivity contribution in [3.8, 4) is 0 Å². The van der Waals surface area contributed by atoms with E-state index >= 15 is 0 Å². The average Bonchev–Trinajstić information content (AvgIpc) is 3.30. The zero-order chi connectivity index (χ0) is 21.0. The Hall–Kier alpha value is -3.16. The SMILES string of the molecule is O=C(C=Cc1ccc(S(=O)(=O)NCc2ccco2)cc1)N1CCc2ccccc2C1. The van der Waals surface area contributed by atoms with Gasteiger partial charge in [-0.25, -0.2) is 13.1 Å². The molecule has 0 saturated heterocycles. The Labute approximate surface area is 175 Å². The molecular weight excluding hydrogens is 400 g/mol. The highest BCUT2D eigenvalue weighted by atomic mass is 32.2. The van der Waals surface area contributed by atoms with Crippen LogP contribution in [0.1, 0.15) is 22.5 Å². The highest BCUT2D eigenvalue weighted by molar-refractivity contribution is 7.89. The van der Waals surface area contributed by atoms with Gasteiger partial charge in [0.25, 0.3) is 0 Å². The summed E-state index contributed by atoms with van der Waals surface area (Å²) in [4.78, 5) is 14.5. The van der Waals surface area contributed by atoms with Gasteiger partial charge in [0, 0.05) is 19.2 Å². The molecule has 1 aromatic heterocycles. The zero-order valence-corrected chi connectivity index (χ0v) is 17.1.